The van der Waals surface area contributed by atoms with Crippen LogP contribution in [0.5, 0.6) is 0 Å². The molecule has 5 nitrogen and oxygen atoms in total. The van der Waals surface area contributed by atoms with Crippen molar-refractivity contribution in [2.24, 2.45) is 20.7 Å². The maximum Gasteiger partial charge on any atom is 0.260 e. The van der Waals surface area contributed by atoms with Crippen LogP contribution in [-0.4, -0.2) is 5.87 Å². The van der Waals surface area contributed by atoms with Crippen molar-refractivity contribution >= 4 is 5.87 Å². The average molecular weight is 95.1 g/mol. The van der Waals surface area contributed by atoms with Crippen molar-refractivity contribution in [3.05, 3.63) is 5.82 Å². The summed E-state index contributed by atoms with van der Waals surface area (Å²) in [5.41, 5.74) is 0. The number of rotatable bonds is 0. The highest BCUT2D eigenvalue weighted by Crippen LogP contribution is 2.02. The van der Waals surface area contributed by atoms with Crippen LogP contribution >= 0.6 is 0 Å². The van der Waals surface area contributed by atoms with Crippen LogP contribution < -0.4 is 0 Å². The minimum Gasteiger partial charge on any atom is -0.255 e. The molecule has 0 fully saturated rings. The molecule has 5 heteroatoms. The molecule has 0 aromatic heterocycles. The third-order valence-electron chi connectivity index (χ3n) is 0.431. The van der Waals surface area contributed by atoms with Crippen LogP contribution in [-0.2, 0) is 0 Å². The highest BCUT2D eigenvalue weighted by molar-refractivity contribution is 5.52. The van der Waals surface area contributed by atoms with Gasteiger partial charge in [0.2, 0.25) is 0 Å². The van der Waals surface area contributed by atoms with E-state index in [-0.39, 0.29) is 5.82 Å². The summed E-state index contributed by atoms with van der Waals surface area (Å²) in [7, 11) is 0. The summed E-state index contributed by atoms with van der Waals surface area (Å²) in [5.74, 6) is 2.03. The van der Waals surface area contributed by atoms with Gasteiger partial charge in [-0.05, 0) is 10.4 Å². The number of nitrogens with one attached hydrogen (secondary N) is 1. The third-order valence-corrected chi connectivity index (χ3v) is 0.431. The normalized spacial score (nSPS) is 15.1. The van der Waals surface area contributed by atoms with Gasteiger partial charge in [0.15, 0.2) is 0 Å². The first-order valence-electron chi connectivity index (χ1n) is 1.55. The molecule has 0 amide bonds. The second-order valence-corrected chi connectivity index (χ2v) is 0.827. The van der Waals surface area contributed by atoms with Gasteiger partial charge >= 0.3 is 0 Å². The second-order valence-electron chi connectivity index (χ2n) is 0.827. The lowest BCUT2D eigenvalue weighted by molar-refractivity contribution is 1.06. The molecule has 1 rings (SSSR count). The zero-order valence-corrected chi connectivity index (χ0v) is 3.29. The van der Waals surface area contributed by atoms with Gasteiger partial charge in [0, 0.05) is 5.87 Å². The van der Waals surface area contributed by atoms with Crippen LogP contribution in [0, 0.1) is 5.41 Å². The Labute approximate surface area is 39.0 Å². The SMILES string of the molecule is N=C=C1N=NN=N1. The highest BCUT2D eigenvalue weighted by atomic mass is 15.5. The van der Waals surface area contributed by atoms with E-state index in [1.165, 1.54) is 0 Å². The van der Waals surface area contributed by atoms with Gasteiger partial charge in [-0.15, -0.1) is 0 Å². The molecular weight excluding hydrogens is 94.1 g/mol. The Balaban J connectivity index is 3.00. The van der Waals surface area contributed by atoms with Crippen molar-refractivity contribution in [3.63, 3.8) is 0 Å². The summed E-state index contributed by atoms with van der Waals surface area (Å²) >= 11 is 0. The van der Waals surface area contributed by atoms with Crippen LogP contribution in [0.25, 0.3) is 0 Å². The maximum absolute atomic E-state index is 6.41. The first-order chi connectivity index (χ1) is 3.43. The van der Waals surface area contributed by atoms with Gasteiger partial charge in [-0.1, -0.05) is 10.2 Å². The molecule has 34 valence electrons. The highest BCUT2D eigenvalue weighted by Gasteiger charge is 1.92. The zero-order chi connectivity index (χ0) is 5.11. The minimum atomic E-state index is 0.125. The van der Waals surface area contributed by atoms with Gasteiger partial charge in [0.05, 0.1) is 0 Å². The van der Waals surface area contributed by atoms with Gasteiger partial charge < -0.3 is 0 Å². The molecule has 0 spiro atoms. The molecule has 0 bridgehead atoms. The largest absolute Gasteiger partial charge is 0.260 e. The fraction of sp³-hybridized carbons (Fsp3) is 0. The molecule has 7 heavy (non-hydrogen) atoms. The van der Waals surface area contributed by atoms with Crippen LogP contribution in [0.4, 0.5) is 0 Å². The Hall–Kier alpha value is -1.35. The van der Waals surface area contributed by atoms with Crippen molar-refractivity contribution in [1.29, 1.82) is 5.41 Å². The van der Waals surface area contributed by atoms with Crippen LogP contribution in [0.2, 0.25) is 0 Å². The number of nitrogens with zero attached hydrogens (tertiary/aromatic N) is 4. The van der Waals surface area contributed by atoms with E-state index in [1.807, 2.05) is 5.87 Å². The summed E-state index contributed by atoms with van der Waals surface area (Å²) in [4.78, 5) is 0. The average Bonchev–Trinajstić information content (AvgIpc) is 2.14. The molecule has 0 saturated carbocycles. The monoisotopic (exact) mass is 95.0 g/mol. The van der Waals surface area contributed by atoms with E-state index >= 15 is 0 Å². The lowest BCUT2D eigenvalue weighted by atomic mass is 10.9. The van der Waals surface area contributed by atoms with Crippen LogP contribution in [0.3, 0.4) is 0 Å². The third kappa shape index (κ3) is 0.558. The minimum absolute atomic E-state index is 0.125. The Morgan fingerprint density at radius 2 is 1.86 bits per heavy atom. The molecule has 0 radical (unpaired) electrons. The second kappa shape index (κ2) is 1.40. The van der Waals surface area contributed by atoms with Gasteiger partial charge in [-0.3, -0.25) is 5.41 Å². The van der Waals surface area contributed by atoms with Gasteiger partial charge in [-0.25, -0.2) is 0 Å². The van der Waals surface area contributed by atoms with Crippen molar-refractivity contribution in [2.75, 3.05) is 0 Å². The molecule has 0 atom stereocenters. The summed E-state index contributed by atoms with van der Waals surface area (Å²) in [6.07, 6.45) is 0. The Kier molecular flexibility index (Phi) is 0.766. The maximum atomic E-state index is 6.41. The molecule has 1 aliphatic heterocycles. The van der Waals surface area contributed by atoms with E-state index in [9.17, 15) is 0 Å². The molecule has 1 heterocycles. The predicted octanol–water partition coefficient (Wildman–Crippen LogP) is 0.909. The van der Waals surface area contributed by atoms with Crippen LogP contribution in [0.15, 0.2) is 26.5 Å². The number of hydrogen-bond acceptors (Lipinski definition) is 5. The number of hydrogen-bond donors (Lipinski definition) is 1. The topological polar surface area (TPSA) is 73.3 Å². The smallest absolute Gasteiger partial charge is 0.255 e. The van der Waals surface area contributed by atoms with E-state index in [4.69, 9.17) is 5.41 Å². The molecule has 0 aliphatic carbocycles. The summed E-state index contributed by atoms with van der Waals surface area (Å²) in [6, 6.07) is 0. The Bertz CT molecular complexity index is 157. The first kappa shape index (κ1) is 3.83. The lowest BCUT2D eigenvalue weighted by Crippen LogP contribution is -1.59. The summed E-state index contributed by atoms with van der Waals surface area (Å²) in [5, 5.41) is 19.1. The predicted molar refractivity (Wildman–Crippen MR) is 21.0 cm³/mol. The quantitative estimate of drug-likeness (QED) is 0.434. The fourth-order valence-electron chi connectivity index (χ4n) is 0.195. The Morgan fingerprint density at radius 3 is 2.14 bits per heavy atom. The fourth-order valence-corrected chi connectivity index (χ4v) is 0.195. The lowest BCUT2D eigenvalue weighted by Gasteiger charge is -1.62. The van der Waals surface area contributed by atoms with Crippen LogP contribution in [0.1, 0.15) is 0 Å². The van der Waals surface area contributed by atoms with Crippen molar-refractivity contribution < 1.29 is 0 Å². The standard InChI is InChI=1S/C2HN5/c3-1-2-4-6-7-5-2/h3H. The van der Waals surface area contributed by atoms with E-state index in [0.29, 0.717) is 0 Å². The molecule has 0 unspecified atom stereocenters. The molecule has 0 aromatic rings. The van der Waals surface area contributed by atoms with Gasteiger partial charge in [-0.2, -0.15) is 0 Å². The van der Waals surface area contributed by atoms with E-state index in [1.54, 1.807) is 0 Å². The summed E-state index contributed by atoms with van der Waals surface area (Å²) in [6.45, 7) is 0. The van der Waals surface area contributed by atoms with Crippen molar-refractivity contribution in [2.45, 2.75) is 0 Å². The molecule has 1 N–H and O–H groups in total. The van der Waals surface area contributed by atoms with Gasteiger partial charge in [0.25, 0.3) is 5.82 Å². The van der Waals surface area contributed by atoms with Crippen molar-refractivity contribution in [3.8, 4) is 0 Å². The van der Waals surface area contributed by atoms with Gasteiger partial charge in [0.1, 0.15) is 0 Å². The first-order valence-corrected chi connectivity index (χ1v) is 1.55. The summed E-state index contributed by atoms with van der Waals surface area (Å²) < 4.78 is 0. The van der Waals surface area contributed by atoms with Crippen molar-refractivity contribution in [1.82, 2.24) is 0 Å². The molecular formula is C2HN5. The Morgan fingerprint density at radius 1 is 1.29 bits per heavy atom. The molecule has 0 saturated heterocycles. The molecule has 0 aromatic carbocycles. The molecule has 1 aliphatic rings. The van der Waals surface area contributed by atoms with E-state index in [0.717, 1.165) is 0 Å². The zero-order valence-electron chi connectivity index (χ0n) is 3.29. The van der Waals surface area contributed by atoms with E-state index in [2.05, 4.69) is 20.7 Å². The van der Waals surface area contributed by atoms with E-state index < -0.39 is 0 Å².